The third kappa shape index (κ3) is 3.80. The number of nitrogens with two attached hydrogens (primary N) is 1. The van der Waals surface area contributed by atoms with E-state index in [1.54, 1.807) is 0 Å². The number of hydrogen-bond acceptors (Lipinski definition) is 3. The molecule has 1 aliphatic rings. The topological polar surface area (TPSA) is 66.6 Å². The standard InChI is InChI=1S/C17H33N3O2/c1-5-17(6-2,13-18)16(22)20-11-9-14(10-12-20)15(21)19(7-3)8-4/h14H,5-13,18H2,1-4H3. The van der Waals surface area contributed by atoms with E-state index in [4.69, 9.17) is 5.73 Å². The zero-order valence-corrected chi connectivity index (χ0v) is 14.7. The maximum absolute atomic E-state index is 12.8. The number of nitrogens with zero attached hydrogens (tertiary/aromatic N) is 2. The average molecular weight is 311 g/mol. The predicted octanol–water partition coefficient (Wildman–Crippen LogP) is 1.86. The maximum Gasteiger partial charge on any atom is 0.230 e. The lowest BCUT2D eigenvalue weighted by molar-refractivity contribution is -0.146. The third-order valence-electron chi connectivity index (χ3n) is 5.40. The number of carbonyl (C=O) groups is 2. The fourth-order valence-corrected chi connectivity index (χ4v) is 3.39. The summed E-state index contributed by atoms with van der Waals surface area (Å²) < 4.78 is 0. The Kier molecular flexibility index (Phi) is 7.33. The summed E-state index contributed by atoms with van der Waals surface area (Å²) in [5.41, 5.74) is 5.46. The molecule has 128 valence electrons. The molecular formula is C17H33N3O2. The van der Waals surface area contributed by atoms with Crippen molar-refractivity contribution in [1.29, 1.82) is 0 Å². The Morgan fingerprint density at radius 3 is 1.95 bits per heavy atom. The largest absolute Gasteiger partial charge is 0.343 e. The number of rotatable bonds is 7. The van der Waals surface area contributed by atoms with Gasteiger partial charge in [0.15, 0.2) is 0 Å². The number of piperidine rings is 1. The molecule has 0 aromatic rings. The fraction of sp³-hybridized carbons (Fsp3) is 0.882. The van der Waals surface area contributed by atoms with Crippen molar-refractivity contribution in [3.8, 4) is 0 Å². The van der Waals surface area contributed by atoms with Crippen molar-refractivity contribution in [3.63, 3.8) is 0 Å². The van der Waals surface area contributed by atoms with E-state index in [-0.39, 0.29) is 17.7 Å². The van der Waals surface area contributed by atoms with E-state index in [0.717, 1.165) is 38.8 Å². The Balaban J connectivity index is 2.65. The Morgan fingerprint density at radius 2 is 1.59 bits per heavy atom. The van der Waals surface area contributed by atoms with Crippen LogP contribution in [0.5, 0.6) is 0 Å². The fourth-order valence-electron chi connectivity index (χ4n) is 3.39. The van der Waals surface area contributed by atoms with E-state index in [1.807, 2.05) is 37.5 Å². The van der Waals surface area contributed by atoms with Crippen molar-refractivity contribution in [2.75, 3.05) is 32.7 Å². The van der Waals surface area contributed by atoms with Gasteiger partial charge in [0, 0.05) is 38.6 Å². The molecule has 0 atom stereocenters. The third-order valence-corrected chi connectivity index (χ3v) is 5.40. The molecule has 0 aromatic heterocycles. The molecule has 2 amide bonds. The van der Waals surface area contributed by atoms with E-state index >= 15 is 0 Å². The van der Waals surface area contributed by atoms with Crippen molar-refractivity contribution < 1.29 is 9.59 Å². The highest BCUT2D eigenvalue weighted by atomic mass is 16.2. The summed E-state index contributed by atoms with van der Waals surface area (Å²) in [5.74, 6) is 0.487. The molecule has 1 heterocycles. The second kappa shape index (κ2) is 8.51. The van der Waals surface area contributed by atoms with Gasteiger partial charge in [0.05, 0.1) is 5.41 Å². The normalized spacial score (nSPS) is 16.7. The highest BCUT2D eigenvalue weighted by molar-refractivity contribution is 5.84. The van der Waals surface area contributed by atoms with Crippen LogP contribution >= 0.6 is 0 Å². The zero-order valence-electron chi connectivity index (χ0n) is 14.7. The molecule has 22 heavy (non-hydrogen) atoms. The van der Waals surface area contributed by atoms with Gasteiger partial charge in [-0.15, -0.1) is 0 Å². The van der Waals surface area contributed by atoms with E-state index in [0.29, 0.717) is 19.6 Å². The smallest absolute Gasteiger partial charge is 0.230 e. The molecule has 2 N–H and O–H groups in total. The molecular weight excluding hydrogens is 278 g/mol. The van der Waals surface area contributed by atoms with E-state index in [9.17, 15) is 9.59 Å². The molecule has 0 radical (unpaired) electrons. The summed E-state index contributed by atoms with van der Waals surface area (Å²) in [4.78, 5) is 29.0. The minimum atomic E-state index is -0.421. The quantitative estimate of drug-likeness (QED) is 0.780. The van der Waals surface area contributed by atoms with Gasteiger partial charge in [-0.25, -0.2) is 0 Å². The lowest BCUT2D eigenvalue weighted by Crippen LogP contribution is -2.51. The second-order valence-corrected chi connectivity index (χ2v) is 6.27. The molecule has 1 saturated heterocycles. The SMILES string of the molecule is CCN(CC)C(=O)C1CCN(C(=O)C(CC)(CC)CN)CC1. The number of hydrogen-bond donors (Lipinski definition) is 1. The Morgan fingerprint density at radius 1 is 1.09 bits per heavy atom. The molecule has 0 spiro atoms. The highest BCUT2D eigenvalue weighted by Crippen LogP contribution is 2.30. The van der Waals surface area contributed by atoms with Crippen molar-refractivity contribution in [1.82, 2.24) is 9.80 Å². The van der Waals surface area contributed by atoms with Gasteiger partial charge in [-0.3, -0.25) is 9.59 Å². The lowest BCUT2D eigenvalue weighted by Gasteiger charge is -2.39. The number of carbonyl (C=O) groups excluding carboxylic acids is 2. The molecule has 1 aliphatic heterocycles. The van der Waals surface area contributed by atoms with Gasteiger partial charge in [0.25, 0.3) is 0 Å². The molecule has 0 unspecified atom stereocenters. The first-order valence-corrected chi connectivity index (χ1v) is 8.77. The predicted molar refractivity (Wildman–Crippen MR) is 89.3 cm³/mol. The molecule has 5 nitrogen and oxygen atoms in total. The average Bonchev–Trinajstić information content (AvgIpc) is 2.58. The van der Waals surface area contributed by atoms with E-state index in [1.165, 1.54) is 0 Å². The Hall–Kier alpha value is -1.10. The minimum absolute atomic E-state index is 0.0690. The lowest BCUT2D eigenvalue weighted by atomic mass is 9.80. The monoisotopic (exact) mass is 311 g/mol. The van der Waals surface area contributed by atoms with Crippen LogP contribution in [0.3, 0.4) is 0 Å². The van der Waals surface area contributed by atoms with E-state index in [2.05, 4.69) is 0 Å². The first kappa shape index (κ1) is 18.9. The van der Waals surface area contributed by atoms with Crippen LogP contribution in [0.4, 0.5) is 0 Å². The van der Waals surface area contributed by atoms with Crippen LogP contribution in [0.25, 0.3) is 0 Å². The van der Waals surface area contributed by atoms with E-state index < -0.39 is 5.41 Å². The van der Waals surface area contributed by atoms with Crippen LogP contribution in [0.1, 0.15) is 53.4 Å². The van der Waals surface area contributed by atoms with Crippen molar-refractivity contribution in [2.24, 2.45) is 17.1 Å². The first-order chi connectivity index (χ1) is 10.5. The van der Waals surface area contributed by atoms with Crippen LogP contribution in [0.2, 0.25) is 0 Å². The zero-order chi connectivity index (χ0) is 16.8. The van der Waals surface area contributed by atoms with Crippen molar-refractivity contribution >= 4 is 11.8 Å². The molecule has 0 bridgehead atoms. The summed E-state index contributed by atoms with van der Waals surface area (Å²) in [6.07, 6.45) is 3.10. The van der Waals surface area contributed by atoms with Gasteiger partial charge in [0.2, 0.25) is 11.8 Å². The maximum atomic E-state index is 12.8. The number of likely N-dealkylation sites (tertiary alicyclic amines) is 1. The molecule has 0 aromatic carbocycles. The molecule has 0 saturated carbocycles. The van der Waals surface area contributed by atoms with Gasteiger partial charge < -0.3 is 15.5 Å². The summed E-state index contributed by atoms with van der Waals surface area (Å²) >= 11 is 0. The van der Waals surface area contributed by atoms with Crippen LogP contribution < -0.4 is 5.73 Å². The molecule has 1 rings (SSSR count). The van der Waals surface area contributed by atoms with Gasteiger partial charge in [-0.2, -0.15) is 0 Å². The second-order valence-electron chi connectivity index (χ2n) is 6.27. The highest BCUT2D eigenvalue weighted by Gasteiger charge is 2.39. The summed E-state index contributed by atoms with van der Waals surface area (Å²) in [5, 5.41) is 0. The Labute approximate surface area is 135 Å². The molecule has 0 aliphatic carbocycles. The summed E-state index contributed by atoms with van der Waals surface area (Å²) in [7, 11) is 0. The van der Waals surface area contributed by atoms with Crippen molar-refractivity contribution in [3.05, 3.63) is 0 Å². The van der Waals surface area contributed by atoms with Crippen LogP contribution in [0, 0.1) is 11.3 Å². The van der Waals surface area contributed by atoms with Crippen LogP contribution in [0.15, 0.2) is 0 Å². The van der Waals surface area contributed by atoms with Crippen LogP contribution in [-0.4, -0.2) is 54.3 Å². The first-order valence-electron chi connectivity index (χ1n) is 8.77. The summed E-state index contributed by atoms with van der Waals surface area (Å²) in [6.45, 7) is 11.4. The minimum Gasteiger partial charge on any atom is -0.343 e. The number of amides is 2. The van der Waals surface area contributed by atoms with Gasteiger partial charge in [-0.05, 0) is 39.5 Å². The molecule has 5 heteroatoms. The summed E-state index contributed by atoms with van der Waals surface area (Å²) in [6, 6.07) is 0. The van der Waals surface area contributed by atoms with Gasteiger partial charge in [-0.1, -0.05) is 13.8 Å². The van der Waals surface area contributed by atoms with Crippen molar-refractivity contribution in [2.45, 2.75) is 53.4 Å². The Bertz CT molecular complexity index is 360. The van der Waals surface area contributed by atoms with Gasteiger partial charge >= 0.3 is 0 Å². The van der Waals surface area contributed by atoms with Crippen LogP contribution in [-0.2, 0) is 9.59 Å². The molecule has 1 fully saturated rings. The van der Waals surface area contributed by atoms with Gasteiger partial charge in [0.1, 0.15) is 0 Å².